The summed E-state index contributed by atoms with van der Waals surface area (Å²) in [5.74, 6) is -1.25. The lowest BCUT2D eigenvalue weighted by Gasteiger charge is -2.37. The number of hydrogen-bond donors (Lipinski definition) is 2. The maximum absolute atomic E-state index is 12.7. The standard InChI is InChI=1S/C19H26N4O3/c1-3-22-10-12-23(13-11-22)19-20-16(14-8-6-5-7-9-14)15(17(24)21-19)18(25)26-4-2/h5-9,15-16H,3-4,10-13H2,1-2H3,(H,20,21,24)/p+1/t15-,16+/m1/s1. The van der Waals surface area contributed by atoms with Gasteiger partial charge >= 0.3 is 5.97 Å². The number of aliphatic imine (C=N–C) groups is 1. The van der Waals surface area contributed by atoms with Gasteiger partial charge in [0.05, 0.1) is 39.3 Å². The first kappa shape index (κ1) is 18.4. The quantitative estimate of drug-likeness (QED) is 0.567. The Morgan fingerprint density at radius 1 is 1.27 bits per heavy atom. The summed E-state index contributed by atoms with van der Waals surface area (Å²) in [6.45, 7) is 8.97. The molecule has 0 radical (unpaired) electrons. The molecule has 2 aliphatic heterocycles. The zero-order valence-corrected chi connectivity index (χ0v) is 15.4. The van der Waals surface area contributed by atoms with Crippen molar-refractivity contribution in [2.45, 2.75) is 19.9 Å². The fraction of sp³-hybridized carbons (Fsp3) is 0.526. The number of guanidine groups is 1. The largest absolute Gasteiger partial charge is 0.465 e. The van der Waals surface area contributed by atoms with E-state index in [0.717, 1.165) is 38.3 Å². The first-order chi connectivity index (χ1) is 12.6. The molecule has 7 nitrogen and oxygen atoms in total. The van der Waals surface area contributed by atoms with E-state index in [1.165, 1.54) is 0 Å². The molecular weight excluding hydrogens is 332 g/mol. The molecule has 0 aromatic heterocycles. The van der Waals surface area contributed by atoms with Crippen LogP contribution < -0.4 is 10.2 Å². The molecule has 7 heteroatoms. The summed E-state index contributed by atoms with van der Waals surface area (Å²) in [5, 5.41) is 2.83. The summed E-state index contributed by atoms with van der Waals surface area (Å²) < 4.78 is 5.13. The van der Waals surface area contributed by atoms with Crippen molar-refractivity contribution in [3.05, 3.63) is 35.9 Å². The van der Waals surface area contributed by atoms with Crippen LogP contribution in [0.5, 0.6) is 0 Å². The average molecular weight is 359 g/mol. The average Bonchev–Trinajstić information content (AvgIpc) is 2.68. The summed E-state index contributed by atoms with van der Waals surface area (Å²) in [7, 11) is 0. The highest BCUT2D eigenvalue weighted by Crippen LogP contribution is 2.30. The Hall–Kier alpha value is -2.41. The number of carbonyl (C=O) groups is 2. The Morgan fingerprint density at radius 3 is 2.58 bits per heavy atom. The van der Waals surface area contributed by atoms with Gasteiger partial charge in [0.15, 0.2) is 5.92 Å². The van der Waals surface area contributed by atoms with Gasteiger partial charge in [0.25, 0.3) is 0 Å². The van der Waals surface area contributed by atoms with Gasteiger partial charge in [0.2, 0.25) is 11.9 Å². The molecule has 1 fully saturated rings. The molecule has 140 valence electrons. The van der Waals surface area contributed by atoms with Crippen LogP contribution in [0.15, 0.2) is 35.3 Å². The summed E-state index contributed by atoms with van der Waals surface area (Å²) >= 11 is 0. The van der Waals surface area contributed by atoms with E-state index in [1.807, 2.05) is 30.3 Å². The van der Waals surface area contributed by atoms with Gasteiger partial charge < -0.3 is 14.5 Å². The van der Waals surface area contributed by atoms with Crippen LogP contribution in [0.25, 0.3) is 0 Å². The van der Waals surface area contributed by atoms with Crippen molar-refractivity contribution in [2.24, 2.45) is 10.9 Å². The van der Waals surface area contributed by atoms with Crippen LogP contribution in [-0.2, 0) is 14.3 Å². The Bertz CT molecular complexity index is 669. The summed E-state index contributed by atoms with van der Waals surface area (Å²) in [4.78, 5) is 33.5. The maximum atomic E-state index is 12.7. The Balaban J connectivity index is 1.88. The van der Waals surface area contributed by atoms with Gasteiger partial charge in [0, 0.05) is 0 Å². The molecule has 0 spiro atoms. The van der Waals surface area contributed by atoms with Crippen molar-refractivity contribution in [3.63, 3.8) is 0 Å². The number of piperazine rings is 1. The molecule has 1 saturated heterocycles. The van der Waals surface area contributed by atoms with E-state index in [9.17, 15) is 9.59 Å². The molecule has 0 saturated carbocycles. The van der Waals surface area contributed by atoms with Crippen LogP contribution in [0.3, 0.4) is 0 Å². The highest BCUT2D eigenvalue weighted by molar-refractivity contribution is 6.08. The van der Waals surface area contributed by atoms with Gasteiger partial charge in [-0.05, 0) is 19.4 Å². The SMILES string of the molecule is CCOC(=O)[C@H]1C(=O)NC(N2CC[NH+](CC)CC2)=N[C@H]1c1ccccc1. The van der Waals surface area contributed by atoms with Gasteiger partial charge in [-0.15, -0.1) is 0 Å². The number of nitrogens with zero attached hydrogens (tertiary/aromatic N) is 2. The van der Waals surface area contributed by atoms with Gasteiger partial charge in [-0.3, -0.25) is 14.9 Å². The smallest absolute Gasteiger partial charge is 0.321 e. The molecule has 1 amide bonds. The maximum Gasteiger partial charge on any atom is 0.321 e. The molecule has 1 aromatic carbocycles. The minimum Gasteiger partial charge on any atom is -0.465 e. The van der Waals surface area contributed by atoms with E-state index in [2.05, 4.69) is 17.1 Å². The Labute approximate surface area is 154 Å². The molecule has 2 atom stereocenters. The number of esters is 1. The Morgan fingerprint density at radius 2 is 1.96 bits per heavy atom. The molecule has 0 aliphatic carbocycles. The van der Waals surface area contributed by atoms with Crippen molar-refractivity contribution in [1.82, 2.24) is 10.2 Å². The van der Waals surface area contributed by atoms with Gasteiger partial charge in [-0.1, -0.05) is 30.3 Å². The molecule has 0 bridgehead atoms. The highest BCUT2D eigenvalue weighted by Gasteiger charge is 2.42. The number of likely N-dealkylation sites (N-methyl/N-ethyl adjacent to an activating group) is 1. The number of amides is 1. The van der Waals surface area contributed by atoms with E-state index in [1.54, 1.807) is 11.8 Å². The second kappa shape index (κ2) is 8.31. The van der Waals surface area contributed by atoms with Crippen LogP contribution in [0.1, 0.15) is 25.5 Å². The van der Waals surface area contributed by atoms with E-state index in [4.69, 9.17) is 9.73 Å². The fourth-order valence-electron chi connectivity index (χ4n) is 3.50. The van der Waals surface area contributed by atoms with Crippen LogP contribution in [0.4, 0.5) is 0 Å². The van der Waals surface area contributed by atoms with Crippen molar-refractivity contribution < 1.29 is 19.2 Å². The number of ether oxygens (including phenoxy) is 1. The number of nitrogens with one attached hydrogen (secondary N) is 2. The molecular formula is C19H27N4O3+. The molecule has 26 heavy (non-hydrogen) atoms. The van der Waals surface area contributed by atoms with E-state index in [-0.39, 0.29) is 12.5 Å². The highest BCUT2D eigenvalue weighted by atomic mass is 16.5. The third kappa shape index (κ3) is 3.88. The molecule has 2 heterocycles. The number of rotatable bonds is 4. The van der Waals surface area contributed by atoms with Crippen molar-refractivity contribution in [1.29, 1.82) is 0 Å². The minimum absolute atomic E-state index is 0.239. The normalized spacial score (nSPS) is 24.0. The van der Waals surface area contributed by atoms with Crippen molar-refractivity contribution in [3.8, 4) is 0 Å². The summed E-state index contributed by atoms with van der Waals surface area (Å²) in [5.41, 5.74) is 0.843. The van der Waals surface area contributed by atoms with E-state index >= 15 is 0 Å². The van der Waals surface area contributed by atoms with E-state index < -0.39 is 17.9 Å². The van der Waals surface area contributed by atoms with Crippen LogP contribution in [0.2, 0.25) is 0 Å². The van der Waals surface area contributed by atoms with Crippen LogP contribution in [-0.4, -0.2) is 62.1 Å². The van der Waals surface area contributed by atoms with Gasteiger partial charge in [-0.2, -0.15) is 0 Å². The first-order valence-corrected chi connectivity index (χ1v) is 9.32. The minimum atomic E-state index is -0.955. The van der Waals surface area contributed by atoms with Crippen molar-refractivity contribution >= 4 is 17.8 Å². The zero-order valence-electron chi connectivity index (χ0n) is 15.4. The molecule has 2 N–H and O–H groups in total. The summed E-state index contributed by atoms with van der Waals surface area (Å²) in [6.07, 6.45) is 0. The molecule has 0 unspecified atom stereocenters. The zero-order chi connectivity index (χ0) is 18.5. The second-order valence-electron chi connectivity index (χ2n) is 6.62. The lowest BCUT2D eigenvalue weighted by atomic mass is 9.91. The lowest BCUT2D eigenvalue weighted by molar-refractivity contribution is -0.902. The molecule has 1 aromatic rings. The topological polar surface area (TPSA) is 75.4 Å². The summed E-state index contributed by atoms with van der Waals surface area (Å²) in [6, 6.07) is 8.93. The number of carbonyl (C=O) groups excluding carboxylic acids is 2. The van der Waals surface area contributed by atoms with E-state index in [0.29, 0.717) is 5.96 Å². The number of hydrogen-bond acceptors (Lipinski definition) is 5. The predicted octanol–water partition coefficient (Wildman–Crippen LogP) is -0.387. The first-order valence-electron chi connectivity index (χ1n) is 9.32. The van der Waals surface area contributed by atoms with Gasteiger partial charge in [-0.25, -0.2) is 4.99 Å². The lowest BCUT2D eigenvalue weighted by Crippen LogP contribution is -3.14. The number of benzene rings is 1. The predicted molar refractivity (Wildman–Crippen MR) is 97.7 cm³/mol. The van der Waals surface area contributed by atoms with Gasteiger partial charge in [0.1, 0.15) is 6.04 Å². The fourth-order valence-corrected chi connectivity index (χ4v) is 3.50. The van der Waals surface area contributed by atoms with Crippen molar-refractivity contribution in [2.75, 3.05) is 39.3 Å². The monoisotopic (exact) mass is 359 g/mol. The van der Waals surface area contributed by atoms with Crippen LogP contribution >= 0.6 is 0 Å². The molecule has 3 rings (SSSR count). The third-order valence-electron chi connectivity index (χ3n) is 5.05. The molecule has 2 aliphatic rings. The third-order valence-corrected chi connectivity index (χ3v) is 5.05. The second-order valence-corrected chi connectivity index (χ2v) is 6.62. The van der Waals surface area contributed by atoms with Crippen LogP contribution in [0, 0.1) is 5.92 Å². The Kier molecular flexibility index (Phi) is 5.88. The number of quaternary nitrogens is 1.